The number of hydrogen-bond acceptors (Lipinski definition) is 3. The topological polar surface area (TPSA) is 62.2 Å². The lowest BCUT2D eigenvalue weighted by atomic mass is 10.1. The molecule has 92 valence electrons. The van der Waals surface area contributed by atoms with Gasteiger partial charge in [0.2, 0.25) is 0 Å². The quantitative estimate of drug-likeness (QED) is 0.822. The van der Waals surface area contributed by atoms with Crippen LogP contribution >= 0.6 is 0 Å². The summed E-state index contributed by atoms with van der Waals surface area (Å²) in [4.78, 5) is 15.2. The van der Waals surface area contributed by atoms with Gasteiger partial charge in [0.15, 0.2) is 0 Å². The summed E-state index contributed by atoms with van der Waals surface area (Å²) in [7, 11) is 0. The van der Waals surface area contributed by atoms with Crippen molar-refractivity contribution in [2.24, 2.45) is 5.92 Å². The van der Waals surface area contributed by atoms with Crippen molar-refractivity contribution in [1.82, 2.24) is 4.98 Å². The maximum atomic E-state index is 10.9. The van der Waals surface area contributed by atoms with Gasteiger partial charge < -0.3 is 10.4 Å². The Kier molecular flexibility index (Phi) is 3.31. The number of pyridine rings is 1. The summed E-state index contributed by atoms with van der Waals surface area (Å²) in [6.07, 6.45) is 3.79. The van der Waals surface area contributed by atoms with E-state index in [-0.39, 0.29) is 0 Å². The largest absolute Gasteiger partial charge is 0.478 e. The fourth-order valence-corrected chi connectivity index (χ4v) is 2.03. The number of aromatic carboxylic acids is 1. The minimum Gasteiger partial charge on any atom is -0.478 e. The van der Waals surface area contributed by atoms with Gasteiger partial charge in [-0.2, -0.15) is 0 Å². The van der Waals surface area contributed by atoms with E-state index in [9.17, 15) is 4.79 Å². The van der Waals surface area contributed by atoms with Crippen molar-refractivity contribution in [3.63, 3.8) is 0 Å². The first-order chi connectivity index (χ1) is 8.04. The molecule has 1 heterocycles. The minimum atomic E-state index is -0.909. The molecule has 1 aromatic rings. The van der Waals surface area contributed by atoms with Gasteiger partial charge >= 0.3 is 5.97 Å². The van der Waals surface area contributed by atoms with Crippen molar-refractivity contribution in [1.29, 1.82) is 0 Å². The molecule has 1 aliphatic rings. The number of nitrogens with zero attached hydrogens (tertiary/aromatic N) is 1. The molecule has 4 nitrogen and oxygen atoms in total. The summed E-state index contributed by atoms with van der Waals surface area (Å²) in [6, 6.07) is 3.52. The molecule has 17 heavy (non-hydrogen) atoms. The highest BCUT2D eigenvalue weighted by Crippen LogP contribution is 2.34. The standard InChI is InChI=1S/C13H18N2O2/c1-8(5-10-3-4-10)14-12-7-11(13(16)17)6-9(2)15-12/h6-8,10H,3-5H2,1-2H3,(H,14,15)(H,16,17). The molecule has 0 aliphatic heterocycles. The van der Waals surface area contributed by atoms with E-state index in [1.54, 1.807) is 12.1 Å². The average molecular weight is 234 g/mol. The highest BCUT2D eigenvalue weighted by molar-refractivity contribution is 5.88. The number of aromatic nitrogens is 1. The fourth-order valence-electron chi connectivity index (χ4n) is 2.03. The van der Waals surface area contributed by atoms with Crippen LogP contribution in [0.25, 0.3) is 0 Å². The summed E-state index contributed by atoms with van der Waals surface area (Å²) in [6.45, 7) is 3.92. The van der Waals surface area contributed by atoms with Gasteiger partial charge in [0.25, 0.3) is 0 Å². The second-order valence-electron chi connectivity index (χ2n) is 4.91. The Labute approximate surface area is 101 Å². The first-order valence-corrected chi connectivity index (χ1v) is 6.03. The summed E-state index contributed by atoms with van der Waals surface area (Å²) in [5.41, 5.74) is 1.02. The molecule has 4 heteroatoms. The van der Waals surface area contributed by atoms with Crippen LogP contribution in [0.3, 0.4) is 0 Å². The molecule has 1 unspecified atom stereocenters. The zero-order valence-electron chi connectivity index (χ0n) is 10.2. The molecule has 1 aliphatic carbocycles. The molecule has 1 saturated carbocycles. The van der Waals surface area contributed by atoms with Crippen molar-refractivity contribution in [3.8, 4) is 0 Å². The monoisotopic (exact) mass is 234 g/mol. The Morgan fingerprint density at radius 3 is 2.88 bits per heavy atom. The van der Waals surface area contributed by atoms with Crippen LogP contribution in [0, 0.1) is 12.8 Å². The number of carboxylic acids is 1. The molecule has 0 radical (unpaired) electrons. The average Bonchev–Trinajstić information content (AvgIpc) is 3.00. The first kappa shape index (κ1) is 11.9. The van der Waals surface area contributed by atoms with Crippen LogP contribution in [0.5, 0.6) is 0 Å². The Bertz CT molecular complexity index is 427. The van der Waals surface area contributed by atoms with E-state index in [1.807, 2.05) is 6.92 Å². The van der Waals surface area contributed by atoms with Gasteiger partial charge in [0.05, 0.1) is 5.56 Å². The second kappa shape index (κ2) is 4.73. The van der Waals surface area contributed by atoms with Crippen LogP contribution in [0.2, 0.25) is 0 Å². The Balaban J connectivity index is 2.05. The third-order valence-corrected chi connectivity index (χ3v) is 2.98. The smallest absolute Gasteiger partial charge is 0.335 e. The lowest BCUT2D eigenvalue weighted by molar-refractivity contribution is 0.0696. The van der Waals surface area contributed by atoms with Crippen molar-refractivity contribution < 1.29 is 9.90 Å². The summed E-state index contributed by atoms with van der Waals surface area (Å²) in [5.74, 6) is 0.602. The van der Waals surface area contributed by atoms with Crippen molar-refractivity contribution in [2.75, 3.05) is 5.32 Å². The van der Waals surface area contributed by atoms with Crippen LogP contribution < -0.4 is 5.32 Å². The number of rotatable bonds is 5. The van der Waals surface area contributed by atoms with Gasteiger partial charge in [-0.05, 0) is 38.3 Å². The van der Waals surface area contributed by atoms with Gasteiger partial charge in [-0.1, -0.05) is 12.8 Å². The predicted octanol–water partition coefficient (Wildman–Crippen LogP) is 2.69. The van der Waals surface area contributed by atoms with Gasteiger partial charge in [0, 0.05) is 11.7 Å². The van der Waals surface area contributed by atoms with E-state index in [0.717, 1.165) is 18.0 Å². The van der Waals surface area contributed by atoms with Crippen LogP contribution in [0.15, 0.2) is 12.1 Å². The van der Waals surface area contributed by atoms with Gasteiger partial charge in [-0.25, -0.2) is 9.78 Å². The number of anilines is 1. The molecular weight excluding hydrogens is 216 g/mol. The van der Waals surface area contributed by atoms with E-state index < -0.39 is 5.97 Å². The number of carbonyl (C=O) groups is 1. The first-order valence-electron chi connectivity index (χ1n) is 6.03. The number of carboxylic acid groups (broad SMARTS) is 1. The van der Waals surface area contributed by atoms with Crippen LogP contribution in [0.1, 0.15) is 42.2 Å². The highest BCUT2D eigenvalue weighted by atomic mass is 16.4. The third kappa shape index (κ3) is 3.44. The zero-order chi connectivity index (χ0) is 12.4. The third-order valence-electron chi connectivity index (χ3n) is 2.98. The van der Waals surface area contributed by atoms with Crippen LogP contribution in [0.4, 0.5) is 5.82 Å². The molecule has 2 rings (SSSR count). The van der Waals surface area contributed by atoms with E-state index in [1.165, 1.54) is 12.8 Å². The number of hydrogen-bond donors (Lipinski definition) is 2. The summed E-state index contributed by atoms with van der Waals surface area (Å²) >= 11 is 0. The molecule has 1 atom stereocenters. The predicted molar refractivity (Wildman–Crippen MR) is 66.4 cm³/mol. The minimum absolute atomic E-state index is 0.290. The number of aryl methyl sites for hydroxylation is 1. The van der Waals surface area contributed by atoms with Gasteiger partial charge in [0.1, 0.15) is 5.82 Å². The zero-order valence-corrected chi connectivity index (χ0v) is 10.2. The summed E-state index contributed by atoms with van der Waals surface area (Å²) in [5, 5.41) is 12.2. The van der Waals surface area contributed by atoms with Crippen LogP contribution in [-0.4, -0.2) is 22.1 Å². The lowest BCUT2D eigenvalue weighted by Crippen LogP contribution is -2.17. The Morgan fingerprint density at radius 2 is 2.29 bits per heavy atom. The second-order valence-corrected chi connectivity index (χ2v) is 4.91. The van der Waals surface area contributed by atoms with Crippen molar-refractivity contribution in [3.05, 3.63) is 23.4 Å². The van der Waals surface area contributed by atoms with Crippen LogP contribution in [-0.2, 0) is 0 Å². The number of nitrogens with one attached hydrogen (secondary N) is 1. The van der Waals surface area contributed by atoms with E-state index in [0.29, 0.717) is 17.4 Å². The molecule has 0 amide bonds. The molecule has 0 saturated heterocycles. The van der Waals surface area contributed by atoms with Crippen molar-refractivity contribution >= 4 is 11.8 Å². The SMILES string of the molecule is Cc1cc(C(=O)O)cc(NC(C)CC2CC2)n1. The molecular formula is C13H18N2O2. The maximum absolute atomic E-state index is 10.9. The molecule has 0 aromatic carbocycles. The molecule has 1 aromatic heterocycles. The summed E-state index contributed by atoms with van der Waals surface area (Å²) < 4.78 is 0. The highest BCUT2D eigenvalue weighted by Gasteiger charge is 2.23. The van der Waals surface area contributed by atoms with Gasteiger partial charge in [-0.15, -0.1) is 0 Å². The normalized spacial score (nSPS) is 16.6. The fraction of sp³-hybridized carbons (Fsp3) is 0.538. The molecule has 1 fully saturated rings. The van der Waals surface area contributed by atoms with Gasteiger partial charge in [-0.3, -0.25) is 0 Å². The lowest BCUT2D eigenvalue weighted by Gasteiger charge is -2.14. The van der Waals surface area contributed by atoms with E-state index >= 15 is 0 Å². The van der Waals surface area contributed by atoms with E-state index in [4.69, 9.17) is 5.11 Å². The molecule has 0 spiro atoms. The van der Waals surface area contributed by atoms with Crippen molar-refractivity contribution in [2.45, 2.75) is 39.2 Å². The van der Waals surface area contributed by atoms with E-state index in [2.05, 4.69) is 17.2 Å². The molecule has 0 bridgehead atoms. The Hall–Kier alpha value is -1.58. The molecule has 2 N–H and O–H groups in total. The Morgan fingerprint density at radius 1 is 1.59 bits per heavy atom. The maximum Gasteiger partial charge on any atom is 0.335 e.